The average molecular weight is 288 g/mol. The second-order valence-corrected chi connectivity index (χ2v) is 6.99. The summed E-state index contributed by atoms with van der Waals surface area (Å²) in [7, 11) is -1.49. The summed E-state index contributed by atoms with van der Waals surface area (Å²) in [5.41, 5.74) is 0.954. The molecule has 1 aromatic rings. The molecule has 2 aliphatic heterocycles. The standard InChI is InChI=1S/C15H17BO5/c17-16(18)12-3-1-2-11(6-12)15-14(20-21-15)8-10-4-5-13(14,7-10)9-19-15/h1-3,6,10,17-18H,4-5,7-9H2. The van der Waals surface area contributed by atoms with Crippen LogP contribution in [0.5, 0.6) is 0 Å². The van der Waals surface area contributed by atoms with Crippen LogP contribution in [0.25, 0.3) is 0 Å². The molecule has 6 heteroatoms. The fourth-order valence-corrected chi connectivity index (χ4v) is 5.12. The maximum Gasteiger partial charge on any atom is 0.488 e. The fraction of sp³-hybridized carbons (Fsp3) is 0.600. The molecule has 2 N–H and O–H groups in total. The fourth-order valence-electron chi connectivity index (χ4n) is 5.12. The van der Waals surface area contributed by atoms with Crippen molar-refractivity contribution in [1.29, 1.82) is 0 Å². The third-order valence-electron chi connectivity index (χ3n) is 6.09. The lowest BCUT2D eigenvalue weighted by Gasteiger charge is -2.54. The predicted octanol–water partition coefficient (Wildman–Crippen LogP) is 0.440. The van der Waals surface area contributed by atoms with Crippen LogP contribution in [0, 0.1) is 11.3 Å². The van der Waals surface area contributed by atoms with Gasteiger partial charge in [0, 0.05) is 11.0 Å². The Hall–Kier alpha value is -0.915. The highest BCUT2D eigenvalue weighted by atomic mass is 17.3. The van der Waals surface area contributed by atoms with Crippen LogP contribution in [0.15, 0.2) is 24.3 Å². The normalized spacial score (nSPS) is 46.1. The minimum absolute atomic E-state index is 0.0732. The van der Waals surface area contributed by atoms with E-state index in [1.807, 2.05) is 6.07 Å². The molecule has 0 radical (unpaired) electrons. The SMILES string of the molecule is OB(O)c1cccc(C23OCC45CCC(C4)CC52OO3)c1. The van der Waals surface area contributed by atoms with Crippen molar-refractivity contribution in [3.8, 4) is 0 Å². The summed E-state index contributed by atoms with van der Waals surface area (Å²) >= 11 is 0. The van der Waals surface area contributed by atoms with E-state index in [0.717, 1.165) is 24.8 Å². The van der Waals surface area contributed by atoms with E-state index >= 15 is 0 Å². The quantitative estimate of drug-likeness (QED) is 0.610. The molecule has 2 heterocycles. The zero-order chi connectivity index (χ0) is 14.3. The van der Waals surface area contributed by atoms with E-state index in [-0.39, 0.29) is 11.0 Å². The molecule has 2 aliphatic carbocycles. The Morgan fingerprint density at radius 2 is 2.10 bits per heavy atom. The van der Waals surface area contributed by atoms with Crippen LogP contribution in [-0.2, 0) is 20.3 Å². The van der Waals surface area contributed by atoms with Crippen molar-refractivity contribution in [3.63, 3.8) is 0 Å². The number of hydrogen-bond acceptors (Lipinski definition) is 5. The lowest BCUT2D eigenvalue weighted by atomic mass is 9.66. The molecular weight excluding hydrogens is 271 g/mol. The van der Waals surface area contributed by atoms with E-state index in [1.165, 1.54) is 6.42 Å². The van der Waals surface area contributed by atoms with Crippen LogP contribution in [0.1, 0.15) is 31.2 Å². The summed E-state index contributed by atoms with van der Waals surface area (Å²) in [5, 5.41) is 18.8. The number of rotatable bonds is 2. The molecule has 1 aromatic carbocycles. The summed E-state index contributed by atoms with van der Waals surface area (Å²) in [6.45, 7) is 0.662. The van der Waals surface area contributed by atoms with Gasteiger partial charge in [-0.1, -0.05) is 24.3 Å². The Morgan fingerprint density at radius 3 is 2.81 bits per heavy atom. The summed E-state index contributed by atoms with van der Waals surface area (Å²) in [4.78, 5) is 11.2. The third-order valence-corrected chi connectivity index (χ3v) is 6.09. The predicted molar refractivity (Wildman–Crippen MR) is 73.2 cm³/mol. The van der Waals surface area contributed by atoms with Crippen LogP contribution in [0.3, 0.4) is 0 Å². The average Bonchev–Trinajstić information content (AvgIpc) is 3.08. The van der Waals surface area contributed by atoms with Gasteiger partial charge in [-0.15, -0.1) is 0 Å². The topological polar surface area (TPSA) is 68.2 Å². The van der Waals surface area contributed by atoms with Gasteiger partial charge in [-0.25, -0.2) is 4.89 Å². The van der Waals surface area contributed by atoms with Gasteiger partial charge in [0.25, 0.3) is 5.79 Å². The third kappa shape index (κ3) is 1.24. The molecule has 4 atom stereocenters. The molecule has 0 aromatic heterocycles. The van der Waals surface area contributed by atoms with Gasteiger partial charge in [0.05, 0.1) is 6.61 Å². The number of benzene rings is 1. The maximum atomic E-state index is 9.39. The van der Waals surface area contributed by atoms with Gasteiger partial charge in [0.2, 0.25) is 0 Å². The zero-order valence-electron chi connectivity index (χ0n) is 11.6. The van der Waals surface area contributed by atoms with E-state index in [4.69, 9.17) is 14.5 Å². The van der Waals surface area contributed by atoms with E-state index in [1.54, 1.807) is 18.2 Å². The monoisotopic (exact) mass is 288 g/mol. The van der Waals surface area contributed by atoms with Crippen LogP contribution in [0.4, 0.5) is 0 Å². The van der Waals surface area contributed by atoms with Crippen LogP contribution in [0.2, 0.25) is 0 Å². The van der Waals surface area contributed by atoms with Gasteiger partial charge in [-0.3, -0.25) is 0 Å². The molecule has 5 rings (SSSR count). The van der Waals surface area contributed by atoms with Crippen molar-refractivity contribution in [2.24, 2.45) is 11.3 Å². The highest BCUT2D eigenvalue weighted by Crippen LogP contribution is 2.75. The van der Waals surface area contributed by atoms with Crippen molar-refractivity contribution >= 4 is 12.6 Å². The lowest BCUT2D eigenvalue weighted by molar-refractivity contribution is -0.610. The Morgan fingerprint density at radius 1 is 1.19 bits per heavy atom. The van der Waals surface area contributed by atoms with E-state index < -0.39 is 12.9 Å². The van der Waals surface area contributed by atoms with Crippen molar-refractivity contribution in [1.82, 2.24) is 0 Å². The van der Waals surface area contributed by atoms with Crippen molar-refractivity contribution in [3.05, 3.63) is 29.8 Å². The van der Waals surface area contributed by atoms with Gasteiger partial charge in [0.15, 0.2) is 5.60 Å². The highest BCUT2D eigenvalue weighted by Gasteiger charge is 2.84. The molecule has 2 spiro atoms. The first-order valence-electron chi connectivity index (χ1n) is 7.58. The summed E-state index contributed by atoms with van der Waals surface area (Å²) in [5.74, 6) is -0.170. The van der Waals surface area contributed by atoms with Gasteiger partial charge in [0.1, 0.15) is 0 Å². The largest absolute Gasteiger partial charge is 0.488 e. The minimum Gasteiger partial charge on any atom is -0.423 e. The molecule has 0 amide bonds. The molecule has 4 unspecified atom stereocenters. The van der Waals surface area contributed by atoms with Crippen molar-refractivity contribution in [2.75, 3.05) is 6.61 Å². The molecule has 4 aliphatic rings. The molecule has 2 saturated carbocycles. The zero-order valence-corrected chi connectivity index (χ0v) is 11.6. The number of hydrogen-bond donors (Lipinski definition) is 2. The highest BCUT2D eigenvalue weighted by molar-refractivity contribution is 6.58. The van der Waals surface area contributed by atoms with Crippen LogP contribution < -0.4 is 5.46 Å². The van der Waals surface area contributed by atoms with Gasteiger partial charge < -0.3 is 14.8 Å². The number of fused-ring (bicyclic) bond motifs is 1. The molecule has 2 bridgehead atoms. The Balaban J connectivity index is 1.62. The summed E-state index contributed by atoms with van der Waals surface area (Å²) in [6.07, 6.45) is 4.50. The first-order chi connectivity index (χ1) is 10.1. The molecule has 2 saturated heterocycles. The summed E-state index contributed by atoms with van der Waals surface area (Å²) in [6, 6.07) is 7.15. The van der Waals surface area contributed by atoms with E-state index in [9.17, 15) is 10.0 Å². The second-order valence-electron chi connectivity index (χ2n) is 6.99. The number of ether oxygens (including phenoxy) is 1. The molecule has 110 valence electrons. The molecule has 5 nitrogen and oxygen atoms in total. The Bertz CT molecular complexity index is 622. The van der Waals surface area contributed by atoms with Gasteiger partial charge >= 0.3 is 7.12 Å². The maximum absolute atomic E-state index is 9.39. The van der Waals surface area contributed by atoms with Gasteiger partial charge in [-0.05, 0) is 37.1 Å². The van der Waals surface area contributed by atoms with Gasteiger partial charge in [-0.2, -0.15) is 4.89 Å². The first-order valence-corrected chi connectivity index (χ1v) is 7.58. The van der Waals surface area contributed by atoms with E-state index in [0.29, 0.717) is 18.0 Å². The lowest BCUT2D eigenvalue weighted by Crippen LogP contribution is -2.66. The molecular formula is C15H17BO5. The van der Waals surface area contributed by atoms with Crippen LogP contribution >= 0.6 is 0 Å². The second kappa shape index (κ2) is 3.70. The molecule has 21 heavy (non-hydrogen) atoms. The minimum atomic E-state index is -1.49. The Labute approximate surface area is 122 Å². The molecule has 4 fully saturated rings. The van der Waals surface area contributed by atoms with E-state index in [2.05, 4.69) is 0 Å². The first kappa shape index (κ1) is 12.6. The van der Waals surface area contributed by atoms with Crippen molar-refractivity contribution < 1.29 is 24.6 Å². The smallest absolute Gasteiger partial charge is 0.423 e. The van der Waals surface area contributed by atoms with Crippen molar-refractivity contribution in [2.45, 2.75) is 37.1 Å². The Kier molecular flexibility index (Phi) is 2.22. The van der Waals surface area contributed by atoms with Crippen LogP contribution in [-0.4, -0.2) is 29.4 Å². The summed E-state index contributed by atoms with van der Waals surface area (Å²) < 4.78 is 6.13.